The molecule has 2 aromatic rings. The number of carbonyl (C=O) groups is 3. The van der Waals surface area contributed by atoms with E-state index in [-0.39, 0.29) is 22.7 Å². The summed E-state index contributed by atoms with van der Waals surface area (Å²) in [5, 5.41) is -0.651. The Bertz CT molecular complexity index is 747. The molecular formula is C15H7ClO3. The van der Waals surface area contributed by atoms with Crippen molar-refractivity contribution < 1.29 is 14.4 Å². The second-order valence-electron chi connectivity index (χ2n) is 4.24. The fraction of sp³-hybridized carbons (Fsp3) is 0. The third-order valence-electron chi connectivity index (χ3n) is 3.15. The monoisotopic (exact) mass is 270 g/mol. The minimum absolute atomic E-state index is 0.209. The smallest absolute Gasteiger partial charge is 0.252 e. The van der Waals surface area contributed by atoms with Gasteiger partial charge in [-0.25, -0.2) is 0 Å². The summed E-state index contributed by atoms with van der Waals surface area (Å²) in [6, 6.07) is 10.9. The first kappa shape index (κ1) is 11.8. The van der Waals surface area contributed by atoms with E-state index in [4.69, 9.17) is 11.6 Å². The Morgan fingerprint density at radius 3 is 1.89 bits per heavy atom. The summed E-state index contributed by atoms with van der Waals surface area (Å²) in [5.41, 5.74) is 1.51. The van der Waals surface area contributed by atoms with E-state index in [9.17, 15) is 14.4 Å². The molecule has 0 unspecified atom stereocenters. The van der Waals surface area contributed by atoms with Gasteiger partial charge in [0.05, 0.1) is 0 Å². The van der Waals surface area contributed by atoms with Gasteiger partial charge < -0.3 is 0 Å². The average molecular weight is 271 g/mol. The molecule has 0 aliphatic heterocycles. The van der Waals surface area contributed by atoms with Gasteiger partial charge in [-0.3, -0.25) is 14.4 Å². The highest BCUT2D eigenvalue weighted by Gasteiger charge is 2.29. The van der Waals surface area contributed by atoms with E-state index in [0.717, 1.165) is 0 Å². The molecule has 2 aromatic carbocycles. The predicted molar refractivity (Wildman–Crippen MR) is 69.9 cm³/mol. The van der Waals surface area contributed by atoms with E-state index in [1.54, 1.807) is 24.3 Å². The highest BCUT2D eigenvalue weighted by molar-refractivity contribution is 6.67. The standard InChI is InChI=1S/C15H7ClO3/c16-15(19)8-5-6-11-12(7-8)14(18)10-4-2-1-3-9(10)13(11)17/h1-7H. The minimum atomic E-state index is -0.651. The summed E-state index contributed by atoms with van der Waals surface area (Å²) < 4.78 is 0. The van der Waals surface area contributed by atoms with Gasteiger partial charge in [0.1, 0.15) is 0 Å². The molecule has 0 saturated heterocycles. The molecule has 3 rings (SSSR count). The quantitative estimate of drug-likeness (QED) is 0.639. The molecule has 0 radical (unpaired) electrons. The first-order valence-electron chi connectivity index (χ1n) is 5.62. The van der Waals surface area contributed by atoms with Crippen LogP contribution in [0.3, 0.4) is 0 Å². The van der Waals surface area contributed by atoms with Crippen LogP contribution in [-0.2, 0) is 0 Å². The van der Waals surface area contributed by atoms with Crippen LogP contribution in [-0.4, -0.2) is 16.8 Å². The van der Waals surface area contributed by atoms with Crippen LogP contribution in [0, 0.1) is 0 Å². The van der Waals surface area contributed by atoms with Crippen molar-refractivity contribution >= 4 is 28.4 Å². The molecule has 0 aromatic heterocycles. The summed E-state index contributed by atoms with van der Waals surface area (Å²) in [4.78, 5) is 35.7. The lowest BCUT2D eigenvalue weighted by molar-refractivity contribution is 0.0978. The van der Waals surface area contributed by atoms with Crippen LogP contribution in [0.25, 0.3) is 0 Å². The summed E-state index contributed by atoms with van der Waals surface area (Å²) in [6.45, 7) is 0. The van der Waals surface area contributed by atoms with Crippen LogP contribution in [0.4, 0.5) is 0 Å². The van der Waals surface area contributed by atoms with Crippen molar-refractivity contribution in [3.8, 4) is 0 Å². The molecule has 0 amide bonds. The van der Waals surface area contributed by atoms with Gasteiger partial charge in [0.15, 0.2) is 11.6 Å². The zero-order valence-electron chi connectivity index (χ0n) is 9.64. The van der Waals surface area contributed by atoms with E-state index in [0.29, 0.717) is 16.7 Å². The largest absolute Gasteiger partial charge is 0.289 e. The van der Waals surface area contributed by atoms with Crippen LogP contribution < -0.4 is 0 Å². The lowest BCUT2D eigenvalue weighted by atomic mass is 9.83. The van der Waals surface area contributed by atoms with E-state index in [1.807, 2.05) is 0 Å². The van der Waals surface area contributed by atoms with Gasteiger partial charge in [0, 0.05) is 27.8 Å². The highest BCUT2D eigenvalue weighted by atomic mass is 35.5. The number of fused-ring (bicyclic) bond motifs is 2. The van der Waals surface area contributed by atoms with Gasteiger partial charge in [-0.2, -0.15) is 0 Å². The fourth-order valence-electron chi connectivity index (χ4n) is 2.22. The number of benzene rings is 2. The summed E-state index contributed by atoms with van der Waals surface area (Å²) in [5.74, 6) is -0.469. The van der Waals surface area contributed by atoms with Gasteiger partial charge in [0.2, 0.25) is 0 Å². The van der Waals surface area contributed by atoms with E-state index in [1.165, 1.54) is 18.2 Å². The molecule has 0 saturated carbocycles. The number of hydrogen-bond acceptors (Lipinski definition) is 3. The second kappa shape index (κ2) is 4.14. The first-order chi connectivity index (χ1) is 9.09. The number of halogens is 1. The Labute approximate surface area is 113 Å². The third-order valence-corrected chi connectivity index (χ3v) is 3.37. The number of hydrogen-bond donors (Lipinski definition) is 0. The highest BCUT2D eigenvalue weighted by Crippen LogP contribution is 2.28. The number of carbonyl (C=O) groups excluding carboxylic acids is 3. The zero-order chi connectivity index (χ0) is 13.6. The van der Waals surface area contributed by atoms with Gasteiger partial charge in [-0.05, 0) is 29.8 Å². The third kappa shape index (κ3) is 1.71. The lowest BCUT2D eigenvalue weighted by Gasteiger charge is -2.17. The van der Waals surface area contributed by atoms with E-state index >= 15 is 0 Å². The van der Waals surface area contributed by atoms with Crippen molar-refractivity contribution in [1.82, 2.24) is 0 Å². The van der Waals surface area contributed by atoms with Crippen LogP contribution in [0.2, 0.25) is 0 Å². The molecule has 0 N–H and O–H groups in total. The lowest BCUT2D eigenvalue weighted by Crippen LogP contribution is -2.21. The molecule has 3 nitrogen and oxygen atoms in total. The van der Waals surface area contributed by atoms with Crippen molar-refractivity contribution in [3.05, 3.63) is 70.3 Å². The molecule has 0 atom stereocenters. The molecule has 0 fully saturated rings. The van der Waals surface area contributed by atoms with Crippen LogP contribution in [0.5, 0.6) is 0 Å². The topological polar surface area (TPSA) is 51.2 Å². The van der Waals surface area contributed by atoms with Crippen molar-refractivity contribution in [1.29, 1.82) is 0 Å². The van der Waals surface area contributed by atoms with E-state index in [2.05, 4.69) is 0 Å². The Balaban J connectivity index is 2.27. The maximum absolute atomic E-state index is 12.3. The molecule has 0 spiro atoms. The van der Waals surface area contributed by atoms with Gasteiger partial charge in [-0.1, -0.05) is 24.3 Å². The predicted octanol–water partition coefficient (Wildman–Crippen LogP) is 2.84. The molecule has 4 heteroatoms. The van der Waals surface area contributed by atoms with Crippen molar-refractivity contribution in [2.24, 2.45) is 0 Å². The number of rotatable bonds is 1. The van der Waals surface area contributed by atoms with Crippen molar-refractivity contribution in [2.75, 3.05) is 0 Å². The van der Waals surface area contributed by atoms with Crippen LogP contribution in [0.15, 0.2) is 42.5 Å². The van der Waals surface area contributed by atoms with Crippen LogP contribution >= 0.6 is 11.6 Å². The Morgan fingerprint density at radius 2 is 1.32 bits per heavy atom. The minimum Gasteiger partial charge on any atom is -0.289 e. The number of ketones is 2. The Kier molecular flexibility index (Phi) is 2.57. The molecule has 0 bridgehead atoms. The second-order valence-corrected chi connectivity index (χ2v) is 4.58. The van der Waals surface area contributed by atoms with Gasteiger partial charge in [0.25, 0.3) is 5.24 Å². The average Bonchev–Trinajstić information content (AvgIpc) is 2.44. The maximum atomic E-state index is 12.3. The maximum Gasteiger partial charge on any atom is 0.252 e. The summed E-state index contributed by atoms with van der Waals surface area (Å²) >= 11 is 5.39. The normalized spacial score (nSPS) is 12.9. The van der Waals surface area contributed by atoms with Crippen molar-refractivity contribution in [2.45, 2.75) is 0 Å². The fourth-order valence-corrected chi connectivity index (χ4v) is 2.34. The molecule has 19 heavy (non-hydrogen) atoms. The summed E-state index contributed by atoms with van der Waals surface area (Å²) in [6.07, 6.45) is 0. The van der Waals surface area contributed by atoms with E-state index < -0.39 is 5.24 Å². The SMILES string of the molecule is O=C(Cl)c1ccc2c(c1)C(=O)c1ccccc1C2=O. The Morgan fingerprint density at radius 1 is 0.789 bits per heavy atom. The van der Waals surface area contributed by atoms with Gasteiger partial charge >= 0.3 is 0 Å². The molecule has 92 valence electrons. The van der Waals surface area contributed by atoms with Crippen molar-refractivity contribution in [3.63, 3.8) is 0 Å². The molecule has 0 heterocycles. The first-order valence-corrected chi connectivity index (χ1v) is 5.99. The zero-order valence-corrected chi connectivity index (χ0v) is 10.4. The summed E-state index contributed by atoms with van der Waals surface area (Å²) in [7, 11) is 0. The molecular weight excluding hydrogens is 264 g/mol. The molecule has 1 aliphatic carbocycles. The molecule has 1 aliphatic rings. The Hall–Kier alpha value is -2.26. The van der Waals surface area contributed by atoms with Crippen LogP contribution in [0.1, 0.15) is 42.2 Å². The van der Waals surface area contributed by atoms with Gasteiger partial charge in [-0.15, -0.1) is 0 Å².